The Morgan fingerprint density at radius 3 is 3.08 bits per heavy atom. The molecular weight excluding hydrogens is 156 g/mol. The van der Waals surface area contributed by atoms with E-state index in [0.717, 1.165) is 5.56 Å². The highest BCUT2D eigenvalue weighted by atomic mass is 16.4. The fourth-order valence-electron chi connectivity index (χ4n) is 0.708. The Morgan fingerprint density at radius 1 is 1.83 bits per heavy atom. The molecule has 1 heterocycles. The van der Waals surface area contributed by atoms with Crippen LogP contribution in [0.5, 0.6) is 0 Å². The highest BCUT2D eigenvalue weighted by molar-refractivity contribution is 5.70. The summed E-state index contributed by atoms with van der Waals surface area (Å²) in [6, 6.07) is 0. The van der Waals surface area contributed by atoms with Crippen LogP contribution < -0.4 is 0 Å². The van der Waals surface area contributed by atoms with Crippen molar-refractivity contribution in [2.24, 2.45) is 7.05 Å². The molecule has 0 aliphatic heterocycles. The van der Waals surface area contributed by atoms with Gasteiger partial charge in [0.1, 0.15) is 6.42 Å². The minimum atomic E-state index is -0.911. The van der Waals surface area contributed by atoms with Crippen LogP contribution in [0.2, 0.25) is 0 Å². The third-order valence-electron chi connectivity index (χ3n) is 1.18. The summed E-state index contributed by atoms with van der Waals surface area (Å²) in [7, 11) is 1.78. The molecule has 0 atom stereocenters. The molecule has 0 bridgehead atoms. The molecule has 1 N–H and O–H groups in total. The molecule has 0 unspecified atom stereocenters. The average molecular weight is 164 g/mol. The Kier molecular flexibility index (Phi) is 2.49. The normalized spacial score (nSPS) is 8.75. The molecule has 0 aliphatic carbocycles. The van der Waals surface area contributed by atoms with Crippen LogP contribution in [0.1, 0.15) is 12.0 Å². The van der Waals surface area contributed by atoms with Crippen molar-refractivity contribution in [1.29, 1.82) is 0 Å². The molecule has 0 aliphatic rings. The van der Waals surface area contributed by atoms with Gasteiger partial charge in [0.15, 0.2) is 0 Å². The molecule has 1 aromatic rings. The van der Waals surface area contributed by atoms with E-state index in [1.165, 1.54) is 0 Å². The van der Waals surface area contributed by atoms with Crippen molar-refractivity contribution in [2.45, 2.75) is 6.42 Å². The minimum absolute atomic E-state index is 0.130. The molecule has 0 spiro atoms. The average Bonchev–Trinajstić information content (AvgIpc) is 2.35. The molecule has 0 radical (unpaired) electrons. The second-order valence-electron chi connectivity index (χ2n) is 2.27. The van der Waals surface area contributed by atoms with Crippen LogP contribution in [0.15, 0.2) is 12.4 Å². The highest BCUT2D eigenvalue weighted by Gasteiger charge is 1.91. The summed E-state index contributed by atoms with van der Waals surface area (Å²) in [5.74, 6) is 4.28. The topological polar surface area (TPSA) is 55.1 Å². The maximum absolute atomic E-state index is 10.1. The largest absolute Gasteiger partial charge is 0.481 e. The van der Waals surface area contributed by atoms with E-state index < -0.39 is 5.97 Å². The Morgan fingerprint density at radius 2 is 2.58 bits per heavy atom. The minimum Gasteiger partial charge on any atom is -0.481 e. The summed E-state index contributed by atoms with van der Waals surface area (Å²) in [6.07, 6.45) is 3.19. The zero-order valence-corrected chi connectivity index (χ0v) is 6.61. The molecule has 0 amide bonds. The number of aromatic nitrogens is 2. The molecule has 0 saturated carbocycles. The summed E-state index contributed by atoms with van der Waals surface area (Å²) in [4.78, 5) is 10.1. The number of rotatable bonds is 1. The van der Waals surface area contributed by atoms with E-state index in [1.807, 2.05) is 0 Å². The Hall–Kier alpha value is -1.76. The molecule has 4 heteroatoms. The molecule has 62 valence electrons. The predicted octanol–water partition coefficient (Wildman–Crippen LogP) is 0.246. The molecule has 1 rings (SSSR count). The van der Waals surface area contributed by atoms with Crippen molar-refractivity contribution in [2.75, 3.05) is 0 Å². The summed E-state index contributed by atoms with van der Waals surface area (Å²) in [5, 5.41) is 12.2. The monoisotopic (exact) mass is 164 g/mol. The zero-order valence-electron chi connectivity index (χ0n) is 6.61. The Labute approximate surface area is 69.8 Å². The molecule has 1 aromatic heterocycles. The van der Waals surface area contributed by atoms with Gasteiger partial charge in [-0.25, -0.2) is 0 Å². The van der Waals surface area contributed by atoms with E-state index in [1.54, 1.807) is 24.1 Å². The third-order valence-corrected chi connectivity index (χ3v) is 1.18. The molecule has 0 aromatic carbocycles. The lowest BCUT2D eigenvalue weighted by Crippen LogP contribution is -1.90. The molecule has 12 heavy (non-hydrogen) atoms. The van der Waals surface area contributed by atoms with Crippen LogP contribution in [0, 0.1) is 11.8 Å². The summed E-state index contributed by atoms with van der Waals surface area (Å²) >= 11 is 0. The van der Waals surface area contributed by atoms with Crippen LogP contribution in [0.25, 0.3) is 0 Å². The Balaban J connectivity index is 2.60. The molecule has 4 nitrogen and oxygen atoms in total. The fourth-order valence-corrected chi connectivity index (χ4v) is 0.708. The second kappa shape index (κ2) is 3.58. The van der Waals surface area contributed by atoms with E-state index in [2.05, 4.69) is 16.9 Å². The first-order valence-electron chi connectivity index (χ1n) is 3.38. The van der Waals surface area contributed by atoms with Gasteiger partial charge in [0.05, 0.1) is 11.8 Å². The summed E-state index contributed by atoms with van der Waals surface area (Å²) < 4.78 is 1.62. The van der Waals surface area contributed by atoms with Gasteiger partial charge in [-0.3, -0.25) is 9.48 Å². The van der Waals surface area contributed by atoms with Crippen LogP contribution >= 0.6 is 0 Å². The smallest absolute Gasteiger partial charge is 0.315 e. The van der Waals surface area contributed by atoms with Crippen molar-refractivity contribution in [3.8, 4) is 11.8 Å². The standard InChI is InChI=1S/C8H8N2O2/c1-10-6-7(5-9-10)3-2-4-8(11)12/h5-6H,4H2,1H3,(H,11,12). The lowest BCUT2D eigenvalue weighted by molar-refractivity contribution is -0.135. The first-order valence-corrected chi connectivity index (χ1v) is 3.38. The first-order chi connectivity index (χ1) is 5.68. The van der Waals surface area contributed by atoms with Crippen molar-refractivity contribution >= 4 is 5.97 Å². The number of carboxylic acids is 1. The first kappa shape index (κ1) is 8.34. The van der Waals surface area contributed by atoms with Crippen LogP contribution in [-0.4, -0.2) is 20.9 Å². The Bertz CT molecular complexity index is 343. The van der Waals surface area contributed by atoms with Crippen molar-refractivity contribution in [3.05, 3.63) is 18.0 Å². The lowest BCUT2D eigenvalue weighted by atomic mass is 10.3. The SMILES string of the molecule is Cn1cc(C#CCC(=O)O)cn1. The van der Waals surface area contributed by atoms with Gasteiger partial charge in [-0.1, -0.05) is 11.8 Å². The second-order valence-corrected chi connectivity index (χ2v) is 2.27. The molecular formula is C8H8N2O2. The number of aliphatic carboxylic acids is 1. The van der Waals surface area contributed by atoms with Crippen molar-refractivity contribution in [3.63, 3.8) is 0 Å². The van der Waals surface area contributed by atoms with Gasteiger partial charge in [0.25, 0.3) is 0 Å². The fraction of sp³-hybridized carbons (Fsp3) is 0.250. The molecule has 0 fully saturated rings. The van der Waals surface area contributed by atoms with Gasteiger partial charge < -0.3 is 5.11 Å². The van der Waals surface area contributed by atoms with E-state index in [-0.39, 0.29) is 6.42 Å². The van der Waals surface area contributed by atoms with Gasteiger partial charge in [0.2, 0.25) is 0 Å². The van der Waals surface area contributed by atoms with Crippen LogP contribution in [0.3, 0.4) is 0 Å². The highest BCUT2D eigenvalue weighted by Crippen LogP contribution is 1.92. The number of hydrogen-bond acceptors (Lipinski definition) is 2. The van der Waals surface area contributed by atoms with E-state index in [0.29, 0.717) is 0 Å². The number of carboxylic acid groups (broad SMARTS) is 1. The predicted molar refractivity (Wildman–Crippen MR) is 42.3 cm³/mol. The van der Waals surface area contributed by atoms with Gasteiger partial charge in [-0.15, -0.1) is 0 Å². The maximum atomic E-state index is 10.1. The quantitative estimate of drug-likeness (QED) is 0.605. The van der Waals surface area contributed by atoms with Gasteiger partial charge in [-0.2, -0.15) is 5.10 Å². The molecule has 0 saturated heterocycles. The van der Waals surface area contributed by atoms with E-state index >= 15 is 0 Å². The summed E-state index contributed by atoms with van der Waals surface area (Å²) in [5.41, 5.74) is 0.735. The lowest BCUT2D eigenvalue weighted by Gasteiger charge is -1.80. The van der Waals surface area contributed by atoms with E-state index in [4.69, 9.17) is 5.11 Å². The van der Waals surface area contributed by atoms with Gasteiger partial charge in [0, 0.05) is 13.2 Å². The van der Waals surface area contributed by atoms with Crippen LogP contribution in [-0.2, 0) is 11.8 Å². The van der Waals surface area contributed by atoms with Crippen molar-refractivity contribution in [1.82, 2.24) is 9.78 Å². The maximum Gasteiger partial charge on any atom is 0.315 e. The van der Waals surface area contributed by atoms with Crippen LogP contribution in [0.4, 0.5) is 0 Å². The number of hydrogen-bond donors (Lipinski definition) is 1. The number of aryl methyl sites for hydroxylation is 1. The number of carbonyl (C=O) groups is 1. The zero-order chi connectivity index (χ0) is 8.97. The van der Waals surface area contributed by atoms with Crippen molar-refractivity contribution < 1.29 is 9.90 Å². The van der Waals surface area contributed by atoms with Gasteiger partial charge in [-0.05, 0) is 0 Å². The van der Waals surface area contributed by atoms with E-state index in [9.17, 15) is 4.79 Å². The number of nitrogens with zero attached hydrogens (tertiary/aromatic N) is 2. The third kappa shape index (κ3) is 2.46. The summed E-state index contributed by atoms with van der Waals surface area (Å²) in [6.45, 7) is 0. The van der Waals surface area contributed by atoms with Gasteiger partial charge >= 0.3 is 5.97 Å².